The van der Waals surface area contributed by atoms with Crippen LogP contribution in [0.3, 0.4) is 0 Å². The van der Waals surface area contributed by atoms with Crippen LogP contribution in [0.25, 0.3) is 0 Å². The zero-order valence-corrected chi connectivity index (χ0v) is 19.7. The summed E-state index contributed by atoms with van der Waals surface area (Å²) in [7, 11) is 0. The number of nitrogens with one attached hydrogen (secondary N) is 1. The maximum Gasteiger partial charge on any atom is 0.338 e. The second kappa shape index (κ2) is 11.9. The van der Waals surface area contributed by atoms with Gasteiger partial charge in [-0.1, -0.05) is 37.6 Å². The predicted octanol–water partition coefficient (Wildman–Crippen LogP) is 5.86. The van der Waals surface area contributed by atoms with Crippen molar-refractivity contribution in [3.8, 4) is 0 Å². The van der Waals surface area contributed by atoms with Gasteiger partial charge in [-0.25, -0.2) is 9.59 Å². The van der Waals surface area contributed by atoms with Crippen molar-refractivity contribution in [3.63, 3.8) is 0 Å². The molecule has 174 valence electrons. The van der Waals surface area contributed by atoms with Gasteiger partial charge in [0, 0.05) is 30.7 Å². The lowest BCUT2D eigenvalue weighted by Gasteiger charge is -2.24. The molecule has 6 heteroatoms. The highest BCUT2D eigenvalue weighted by Crippen LogP contribution is 2.16. The molecule has 0 spiro atoms. The summed E-state index contributed by atoms with van der Waals surface area (Å²) < 4.78 is 7.21. The van der Waals surface area contributed by atoms with Gasteiger partial charge in [-0.15, -0.1) is 0 Å². The number of ether oxygens (including phenoxy) is 1. The molecule has 2 aromatic carbocycles. The molecule has 1 heterocycles. The number of nitrogens with zero attached hydrogens (tertiary/aromatic N) is 2. The first-order valence-corrected chi connectivity index (χ1v) is 11.5. The van der Waals surface area contributed by atoms with Crippen molar-refractivity contribution in [1.29, 1.82) is 0 Å². The van der Waals surface area contributed by atoms with Crippen LogP contribution >= 0.6 is 0 Å². The van der Waals surface area contributed by atoms with Crippen molar-refractivity contribution >= 4 is 17.7 Å². The second-order valence-corrected chi connectivity index (χ2v) is 8.06. The Kier molecular flexibility index (Phi) is 8.70. The molecule has 33 heavy (non-hydrogen) atoms. The Hall–Kier alpha value is -3.54. The van der Waals surface area contributed by atoms with Crippen molar-refractivity contribution < 1.29 is 14.3 Å². The van der Waals surface area contributed by atoms with E-state index in [4.69, 9.17) is 4.74 Å². The number of urea groups is 1. The molecule has 0 saturated heterocycles. The van der Waals surface area contributed by atoms with E-state index < -0.39 is 0 Å². The highest BCUT2D eigenvalue weighted by Gasteiger charge is 2.16. The van der Waals surface area contributed by atoms with Crippen LogP contribution in [0.1, 0.15) is 53.9 Å². The van der Waals surface area contributed by atoms with Crippen LogP contribution in [-0.4, -0.2) is 34.6 Å². The van der Waals surface area contributed by atoms with Gasteiger partial charge >= 0.3 is 12.0 Å². The Morgan fingerprint density at radius 3 is 2.45 bits per heavy atom. The highest BCUT2D eigenvalue weighted by molar-refractivity contribution is 5.92. The molecular weight excluding hydrogens is 414 g/mol. The van der Waals surface area contributed by atoms with Crippen molar-refractivity contribution in [3.05, 3.63) is 89.2 Å². The fourth-order valence-corrected chi connectivity index (χ4v) is 3.62. The van der Waals surface area contributed by atoms with Crippen LogP contribution in [0.5, 0.6) is 0 Å². The highest BCUT2D eigenvalue weighted by atomic mass is 16.5. The molecule has 0 radical (unpaired) electrons. The molecule has 0 unspecified atom stereocenters. The molecule has 0 atom stereocenters. The van der Waals surface area contributed by atoms with E-state index in [1.807, 2.05) is 17.0 Å². The molecule has 2 amide bonds. The lowest BCUT2D eigenvalue weighted by atomic mass is 10.1. The first kappa shape index (κ1) is 24.1. The molecule has 1 N–H and O–H groups in total. The Morgan fingerprint density at radius 2 is 1.76 bits per heavy atom. The molecule has 0 aliphatic rings. The number of hydrogen-bond donors (Lipinski definition) is 1. The third-order valence-electron chi connectivity index (χ3n) is 5.59. The Bertz CT molecular complexity index is 1060. The van der Waals surface area contributed by atoms with Crippen LogP contribution in [0, 0.1) is 6.92 Å². The monoisotopic (exact) mass is 447 g/mol. The van der Waals surface area contributed by atoms with E-state index in [1.165, 1.54) is 11.1 Å². The summed E-state index contributed by atoms with van der Waals surface area (Å²) in [5.41, 5.74) is 4.71. The topological polar surface area (TPSA) is 63.6 Å². The number of rotatable bonds is 10. The number of unbranched alkanes of at least 4 members (excludes halogenated alkanes) is 1. The molecule has 3 rings (SSSR count). The average Bonchev–Trinajstić information content (AvgIpc) is 3.25. The molecular formula is C27H33N3O3. The van der Waals surface area contributed by atoms with E-state index in [9.17, 15) is 9.59 Å². The van der Waals surface area contributed by atoms with E-state index >= 15 is 0 Å². The van der Waals surface area contributed by atoms with Gasteiger partial charge in [0.1, 0.15) is 0 Å². The summed E-state index contributed by atoms with van der Waals surface area (Å²) in [6.07, 6.45) is 3.99. The number of carbonyl (C=O) groups is 2. The standard InChI is InChI=1S/C27H33N3O3/c1-4-6-17-30(27(32)28-24-15-13-22(14-16-24)26(31)33-5-2)20-25-12-9-18-29(25)19-23-11-8-7-10-21(23)3/h7-16,18H,4-6,17,19-20H2,1-3H3,(H,28,32). The minimum Gasteiger partial charge on any atom is -0.462 e. The summed E-state index contributed by atoms with van der Waals surface area (Å²) in [5.74, 6) is -0.366. The quantitative estimate of drug-likeness (QED) is 0.396. The second-order valence-electron chi connectivity index (χ2n) is 8.06. The van der Waals surface area contributed by atoms with Crippen LogP contribution in [0.15, 0.2) is 66.9 Å². The fourth-order valence-electron chi connectivity index (χ4n) is 3.62. The summed E-state index contributed by atoms with van der Waals surface area (Å²) in [6, 6.07) is 19.1. The normalized spacial score (nSPS) is 10.6. The van der Waals surface area contributed by atoms with Gasteiger partial charge in [-0.05, 0) is 67.8 Å². The molecule has 0 aliphatic heterocycles. The lowest BCUT2D eigenvalue weighted by Crippen LogP contribution is -2.36. The zero-order chi connectivity index (χ0) is 23.6. The first-order chi connectivity index (χ1) is 16.0. The molecule has 3 aromatic rings. The molecule has 0 aliphatic carbocycles. The number of aromatic nitrogens is 1. The third kappa shape index (κ3) is 6.72. The van der Waals surface area contributed by atoms with Gasteiger partial charge in [0.15, 0.2) is 0 Å². The number of carbonyl (C=O) groups excluding carboxylic acids is 2. The summed E-state index contributed by atoms with van der Waals surface area (Å²) in [5, 5.41) is 2.97. The predicted molar refractivity (Wildman–Crippen MR) is 131 cm³/mol. The van der Waals surface area contributed by atoms with Gasteiger partial charge in [-0.3, -0.25) is 0 Å². The van der Waals surface area contributed by atoms with Crippen LogP contribution in [-0.2, 0) is 17.8 Å². The van der Waals surface area contributed by atoms with Crippen molar-refractivity contribution in [2.24, 2.45) is 0 Å². The van der Waals surface area contributed by atoms with E-state index in [2.05, 4.69) is 54.2 Å². The third-order valence-corrected chi connectivity index (χ3v) is 5.59. The molecule has 6 nitrogen and oxygen atoms in total. The number of anilines is 1. The number of benzene rings is 2. The van der Waals surface area contributed by atoms with E-state index in [-0.39, 0.29) is 12.0 Å². The van der Waals surface area contributed by atoms with Crippen LogP contribution in [0.4, 0.5) is 10.5 Å². The summed E-state index contributed by atoms with van der Waals surface area (Å²) >= 11 is 0. The number of hydrogen-bond acceptors (Lipinski definition) is 3. The number of aryl methyl sites for hydroxylation is 1. The summed E-state index contributed by atoms with van der Waals surface area (Å²) in [6.45, 7) is 8.29. The van der Waals surface area contributed by atoms with Crippen LogP contribution in [0.2, 0.25) is 0 Å². The number of amides is 2. The van der Waals surface area contributed by atoms with Crippen molar-refractivity contribution in [2.45, 2.75) is 46.7 Å². The Morgan fingerprint density at radius 1 is 1.00 bits per heavy atom. The van der Waals surface area contributed by atoms with Gasteiger partial charge in [0.2, 0.25) is 0 Å². The Labute approximate surface area is 196 Å². The van der Waals surface area contributed by atoms with Crippen molar-refractivity contribution in [1.82, 2.24) is 9.47 Å². The molecule has 1 aromatic heterocycles. The maximum absolute atomic E-state index is 13.1. The van der Waals surface area contributed by atoms with E-state index in [0.717, 1.165) is 25.1 Å². The van der Waals surface area contributed by atoms with Gasteiger partial charge in [0.25, 0.3) is 0 Å². The fraction of sp³-hybridized carbons (Fsp3) is 0.333. The molecule has 0 saturated carbocycles. The Balaban J connectivity index is 1.70. The molecule has 0 bridgehead atoms. The number of esters is 1. The van der Waals surface area contributed by atoms with Crippen molar-refractivity contribution in [2.75, 3.05) is 18.5 Å². The largest absolute Gasteiger partial charge is 0.462 e. The maximum atomic E-state index is 13.1. The smallest absolute Gasteiger partial charge is 0.338 e. The minimum absolute atomic E-state index is 0.157. The first-order valence-electron chi connectivity index (χ1n) is 11.5. The van der Waals surface area contributed by atoms with Gasteiger partial charge in [0.05, 0.1) is 18.7 Å². The molecule has 0 fully saturated rings. The summed E-state index contributed by atoms with van der Waals surface area (Å²) in [4.78, 5) is 26.8. The van der Waals surface area contributed by atoms with Gasteiger partial charge < -0.3 is 19.5 Å². The van der Waals surface area contributed by atoms with E-state index in [1.54, 1.807) is 31.2 Å². The SMILES string of the molecule is CCCCN(Cc1cccn1Cc1ccccc1C)C(=O)Nc1ccc(C(=O)OCC)cc1. The van der Waals surface area contributed by atoms with E-state index in [0.29, 0.717) is 30.9 Å². The zero-order valence-electron chi connectivity index (χ0n) is 19.7. The van der Waals surface area contributed by atoms with Gasteiger partial charge in [-0.2, -0.15) is 0 Å². The minimum atomic E-state index is -0.366. The average molecular weight is 448 g/mol. The van der Waals surface area contributed by atoms with Crippen LogP contribution < -0.4 is 5.32 Å². The lowest BCUT2D eigenvalue weighted by molar-refractivity contribution is 0.0526.